The molecule has 1 unspecified atom stereocenters. The van der Waals surface area contributed by atoms with Gasteiger partial charge in [-0.3, -0.25) is 9.59 Å². The molecule has 0 spiro atoms. The van der Waals surface area contributed by atoms with Crippen LogP contribution in [0.3, 0.4) is 0 Å². The van der Waals surface area contributed by atoms with Gasteiger partial charge in [0.05, 0.1) is 5.41 Å². The minimum atomic E-state index is -0.849. The van der Waals surface area contributed by atoms with E-state index in [0.29, 0.717) is 18.5 Å². The molecule has 1 aromatic rings. The summed E-state index contributed by atoms with van der Waals surface area (Å²) in [4.78, 5) is 25.1. The Labute approximate surface area is 128 Å². The van der Waals surface area contributed by atoms with Gasteiger partial charge in [0.2, 0.25) is 0 Å². The van der Waals surface area contributed by atoms with Crippen LogP contribution in [0.1, 0.15) is 23.7 Å². The number of benzene rings is 1. The molecule has 1 aliphatic rings. The Balaban J connectivity index is 2.20. The highest BCUT2D eigenvalue weighted by Crippen LogP contribution is 2.31. The highest BCUT2D eigenvalue weighted by molar-refractivity contribution is 9.11. The monoisotopic (exact) mass is 389 g/mol. The van der Waals surface area contributed by atoms with E-state index in [4.69, 9.17) is 0 Å². The van der Waals surface area contributed by atoms with Gasteiger partial charge in [0.1, 0.15) is 0 Å². The standard InChI is InChI=1S/C13H13Br2NO3/c1-13(12(18)19)2-3-16(7-13)11(17)8-4-9(14)6-10(15)5-8/h4-6H,2-3,7H2,1H3,(H,18,19). The van der Waals surface area contributed by atoms with Gasteiger partial charge in [0, 0.05) is 27.6 Å². The molecule has 4 nitrogen and oxygen atoms in total. The number of aliphatic carboxylic acids is 1. The van der Waals surface area contributed by atoms with Gasteiger partial charge in [-0.2, -0.15) is 0 Å². The maximum atomic E-state index is 12.4. The summed E-state index contributed by atoms with van der Waals surface area (Å²) >= 11 is 6.68. The number of carboxylic acids is 1. The molecule has 102 valence electrons. The first-order valence-electron chi connectivity index (χ1n) is 5.81. The van der Waals surface area contributed by atoms with Crippen molar-refractivity contribution in [2.45, 2.75) is 13.3 Å². The molecule has 0 radical (unpaired) electrons. The Morgan fingerprint density at radius 1 is 1.26 bits per heavy atom. The lowest BCUT2D eigenvalue weighted by molar-refractivity contribution is -0.147. The van der Waals surface area contributed by atoms with Gasteiger partial charge in [-0.1, -0.05) is 31.9 Å². The maximum absolute atomic E-state index is 12.4. The van der Waals surface area contributed by atoms with Crippen LogP contribution in [0.25, 0.3) is 0 Å². The van der Waals surface area contributed by atoms with Crippen molar-refractivity contribution >= 4 is 43.7 Å². The molecule has 6 heteroatoms. The van der Waals surface area contributed by atoms with Gasteiger partial charge < -0.3 is 10.0 Å². The third-order valence-electron chi connectivity index (χ3n) is 3.39. The summed E-state index contributed by atoms with van der Waals surface area (Å²) in [6, 6.07) is 5.33. The SMILES string of the molecule is CC1(C(=O)O)CCN(C(=O)c2cc(Br)cc(Br)c2)C1. The molecule has 0 aromatic heterocycles. The van der Waals surface area contributed by atoms with E-state index >= 15 is 0 Å². The van der Waals surface area contributed by atoms with Crippen LogP contribution in [0.2, 0.25) is 0 Å². The summed E-state index contributed by atoms with van der Waals surface area (Å²) in [5.74, 6) is -0.981. The Bertz CT molecular complexity index is 526. The molecule has 1 heterocycles. The zero-order valence-corrected chi connectivity index (χ0v) is 13.5. The third-order valence-corrected chi connectivity index (χ3v) is 4.30. The summed E-state index contributed by atoms with van der Waals surface area (Å²) < 4.78 is 1.62. The Hall–Kier alpha value is -0.880. The first-order valence-corrected chi connectivity index (χ1v) is 7.39. The van der Waals surface area contributed by atoms with E-state index in [1.165, 1.54) is 0 Å². The van der Waals surface area contributed by atoms with Crippen molar-refractivity contribution in [2.24, 2.45) is 5.41 Å². The molecule has 0 aliphatic carbocycles. The van der Waals surface area contributed by atoms with E-state index in [2.05, 4.69) is 31.9 Å². The van der Waals surface area contributed by atoms with Crippen LogP contribution in [0.4, 0.5) is 0 Å². The fourth-order valence-electron chi connectivity index (χ4n) is 2.17. The highest BCUT2D eigenvalue weighted by Gasteiger charge is 2.42. The van der Waals surface area contributed by atoms with Gasteiger partial charge in [0.15, 0.2) is 0 Å². The van der Waals surface area contributed by atoms with E-state index in [1.54, 1.807) is 24.0 Å². The summed E-state index contributed by atoms with van der Waals surface area (Å²) in [5, 5.41) is 9.18. The molecule has 1 N–H and O–H groups in total. The van der Waals surface area contributed by atoms with E-state index < -0.39 is 11.4 Å². The molecule has 0 bridgehead atoms. The van der Waals surface area contributed by atoms with Crippen molar-refractivity contribution in [3.63, 3.8) is 0 Å². The molecule has 1 fully saturated rings. The number of halogens is 2. The van der Waals surface area contributed by atoms with E-state index in [0.717, 1.165) is 8.95 Å². The minimum absolute atomic E-state index is 0.132. The molecule has 2 rings (SSSR count). The molecule has 1 aliphatic heterocycles. The van der Waals surface area contributed by atoms with Gasteiger partial charge in [0.25, 0.3) is 5.91 Å². The van der Waals surface area contributed by atoms with Gasteiger partial charge in [-0.15, -0.1) is 0 Å². The summed E-state index contributed by atoms with van der Waals surface area (Å²) in [5.41, 5.74) is -0.283. The molecule has 19 heavy (non-hydrogen) atoms. The third kappa shape index (κ3) is 3.00. The number of likely N-dealkylation sites (tertiary alicyclic amines) is 1. The normalized spacial score (nSPS) is 22.6. The predicted molar refractivity (Wildman–Crippen MR) is 78.1 cm³/mol. The molecule has 1 aromatic carbocycles. The predicted octanol–water partition coefficient (Wildman–Crippen LogP) is 3.15. The van der Waals surface area contributed by atoms with Crippen LogP contribution in [-0.2, 0) is 4.79 Å². The van der Waals surface area contributed by atoms with Crippen LogP contribution < -0.4 is 0 Å². The molecule has 1 amide bonds. The lowest BCUT2D eigenvalue weighted by atomic mass is 9.90. The largest absolute Gasteiger partial charge is 0.481 e. The topological polar surface area (TPSA) is 57.6 Å². The highest BCUT2D eigenvalue weighted by atomic mass is 79.9. The van der Waals surface area contributed by atoms with Crippen molar-refractivity contribution < 1.29 is 14.7 Å². The maximum Gasteiger partial charge on any atom is 0.311 e. The van der Waals surface area contributed by atoms with Gasteiger partial charge in [-0.05, 0) is 31.5 Å². The molecular weight excluding hydrogens is 378 g/mol. The van der Waals surface area contributed by atoms with Gasteiger partial charge >= 0.3 is 5.97 Å². The number of amides is 1. The van der Waals surface area contributed by atoms with Crippen LogP contribution in [0.15, 0.2) is 27.1 Å². The number of hydrogen-bond donors (Lipinski definition) is 1. The number of hydrogen-bond acceptors (Lipinski definition) is 2. The fourth-order valence-corrected chi connectivity index (χ4v) is 3.46. The second-order valence-corrected chi connectivity index (χ2v) is 6.83. The lowest BCUT2D eigenvalue weighted by Gasteiger charge is -2.20. The van der Waals surface area contributed by atoms with Crippen molar-refractivity contribution in [3.05, 3.63) is 32.7 Å². The number of nitrogens with zero attached hydrogens (tertiary/aromatic N) is 1. The Morgan fingerprint density at radius 3 is 2.32 bits per heavy atom. The smallest absolute Gasteiger partial charge is 0.311 e. The van der Waals surface area contributed by atoms with Crippen LogP contribution >= 0.6 is 31.9 Å². The fraction of sp³-hybridized carbons (Fsp3) is 0.385. The number of carboxylic acid groups (broad SMARTS) is 1. The zero-order valence-electron chi connectivity index (χ0n) is 10.3. The quantitative estimate of drug-likeness (QED) is 0.843. The molecule has 0 saturated carbocycles. The van der Waals surface area contributed by atoms with Crippen molar-refractivity contribution in [2.75, 3.05) is 13.1 Å². The van der Waals surface area contributed by atoms with E-state index in [-0.39, 0.29) is 12.5 Å². The van der Waals surface area contributed by atoms with E-state index in [1.807, 2.05) is 6.07 Å². The molecule has 1 atom stereocenters. The van der Waals surface area contributed by atoms with Gasteiger partial charge in [-0.25, -0.2) is 0 Å². The van der Waals surface area contributed by atoms with Crippen molar-refractivity contribution in [1.29, 1.82) is 0 Å². The van der Waals surface area contributed by atoms with Crippen LogP contribution in [0.5, 0.6) is 0 Å². The second kappa shape index (κ2) is 5.25. The lowest BCUT2D eigenvalue weighted by Crippen LogP contribution is -2.34. The number of carbonyl (C=O) groups excluding carboxylic acids is 1. The number of rotatable bonds is 2. The summed E-state index contributed by atoms with van der Waals surface area (Å²) in [7, 11) is 0. The Morgan fingerprint density at radius 2 is 1.84 bits per heavy atom. The zero-order chi connectivity index (χ0) is 14.2. The van der Waals surface area contributed by atoms with Crippen LogP contribution in [0, 0.1) is 5.41 Å². The summed E-state index contributed by atoms with van der Waals surface area (Å²) in [6.07, 6.45) is 0.489. The number of carbonyl (C=O) groups is 2. The average molecular weight is 391 g/mol. The minimum Gasteiger partial charge on any atom is -0.481 e. The Kier molecular flexibility index (Phi) is 4.01. The second-order valence-electron chi connectivity index (χ2n) is 5.00. The first-order chi connectivity index (χ1) is 8.82. The van der Waals surface area contributed by atoms with Crippen molar-refractivity contribution in [3.8, 4) is 0 Å². The summed E-state index contributed by atoms with van der Waals surface area (Å²) in [6.45, 7) is 2.41. The van der Waals surface area contributed by atoms with Crippen LogP contribution in [-0.4, -0.2) is 35.0 Å². The first kappa shape index (κ1) is 14.5. The molecule has 1 saturated heterocycles. The van der Waals surface area contributed by atoms with E-state index in [9.17, 15) is 14.7 Å². The molecular formula is C13H13Br2NO3. The average Bonchev–Trinajstić information content (AvgIpc) is 2.71. The van der Waals surface area contributed by atoms with Crippen molar-refractivity contribution in [1.82, 2.24) is 4.90 Å².